The van der Waals surface area contributed by atoms with Gasteiger partial charge in [-0.1, -0.05) is 19.9 Å². The Labute approximate surface area is 104 Å². The highest BCUT2D eigenvalue weighted by Crippen LogP contribution is 2.16. The standard InChI is InChI=1S/C14H24N2O/c1-10(2)11-7-6-8-12(16-11)13(17)9-15-14(3,4)5/h6-8,10,13,15,17H,9H2,1-5H3/t13-/m1/s1. The van der Waals surface area contributed by atoms with E-state index in [0.29, 0.717) is 12.5 Å². The highest BCUT2D eigenvalue weighted by Gasteiger charge is 2.15. The van der Waals surface area contributed by atoms with E-state index in [4.69, 9.17) is 0 Å². The predicted molar refractivity (Wildman–Crippen MR) is 71.0 cm³/mol. The minimum Gasteiger partial charge on any atom is -0.385 e. The first kappa shape index (κ1) is 14.1. The zero-order valence-electron chi connectivity index (χ0n) is 11.5. The summed E-state index contributed by atoms with van der Waals surface area (Å²) in [5.74, 6) is 0.387. The summed E-state index contributed by atoms with van der Waals surface area (Å²) in [6, 6.07) is 5.83. The molecule has 1 aromatic rings. The highest BCUT2D eigenvalue weighted by atomic mass is 16.3. The summed E-state index contributed by atoms with van der Waals surface area (Å²) in [6.07, 6.45) is -0.548. The summed E-state index contributed by atoms with van der Waals surface area (Å²) in [5.41, 5.74) is 1.78. The van der Waals surface area contributed by atoms with Gasteiger partial charge in [0, 0.05) is 17.8 Å². The molecule has 1 atom stereocenters. The van der Waals surface area contributed by atoms with E-state index in [9.17, 15) is 5.11 Å². The summed E-state index contributed by atoms with van der Waals surface area (Å²) in [7, 11) is 0. The van der Waals surface area contributed by atoms with Gasteiger partial charge < -0.3 is 10.4 Å². The Balaban J connectivity index is 2.69. The molecule has 0 aliphatic carbocycles. The van der Waals surface area contributed by atoms with Crippen LogP contribution in [-0.2, 0) is 0 Å². The number of nitrogens with zero attached hydrogens (tertiary/aromatic N) is 1. The van der Waals surface area contributed by atoms with Crippen LogP contribution in [-0.4, -0.2) is 22.2 Å². The molecule has 0 aliphatic heterocycles. The topological polar surface area (TPSA) is 45.1 Å². The molecule has 0 aromatic carbocycles. The first-order valence-electron chi connectivity index (χ1n) is 6.19. The van der Waals surface area contributed by atoms with Crippen LogP contribution < -0.4 is 5.32 Å². The first-order valence-corrected chi connectivity index (χ1v) is 6.19. The van der Waals surface area contributed by atoms with Crippen molar-refractivity contribution in [3.05, 3.63) is 29.6 Å². The van der Waals surface area contributed by atoms with E-state index in [2.05, 4.69) is 44.9 Å². The van der Waals surface area contributed by atoms with Crippen LogP contribution in [0.5, 0.6) is 0 Å². The molecular weight excluding hydrogens is 212 g/mol. The van der Waals surface area contributed by atoms with Crippen LogP contribution in [0.15, 0.2) is 18.2 Å². The van der Waals surface area contributed by atoms with E-state index in [0.717, 1.165) is 11.4 Å². The summed E-state index contributed by atoms with van der Waals surface area (Å²) in [6.45, 7) is 11.0. The number of aliphatic hydroxyl groups excluding tert-OH is 1. The smallest absolute Gasteiger partial charge is 0.108 e. The minimum atomic E-state index is -0.548. The van der Waals surface area contributed by atoms with Crippen molar-refractivity contribution in [2.75, 3.05) is 6.54 Å². The first-order chi connectivity index (χ1) is 7.79. The lowest BCUT2D eigenvalue weighted by Crippen LogP contribution is -2.38. The summed E-state index contributed by atoms with van der Waals surface area (Å²) < 4.78 is 0. The maximum atomic E-state index is 10.1. The van der Waals surface area contributed by atoms with Crippen molar-refractivity contribution in [3.63, 3.8) is 0 Å². The number of aromatic nitrogens is 1. The normalized spacial score (nSPS) is 14.1. The van der Waals surface area contributed by atoms with Crippen LogP contribution in [0.3, 0.4) is 0 Å². The van der Waals surface area contributed by atoms with E-state index in [1.165, 1.54) is 0 Å². The highest BCUT2D eigenvalue weighted by molar-refractivity contribution is 5.15. The number of β-amino-alcohol motifs (C(OH)–C–C–N with tert-alkyl or cyclic N) is 1. The van der Waals surface area contributed by atoms with Gasteiger partial charge in [0.2, 0.25) is 0 Å². The number of hydrogen-bond acceptors (Lipinski definition) is 3. The molecule has 3 nitrogen and oxygen atoms in total. The Bertz CT molecular complexity index is 355. The lowest BCUT2D eigenvalue weighted by atomic mass is 10.1. The van der Waals surface area contributed by atoms with Gasteiger partial charge in [-0.3, -0.25) is 4.98 Å². The lowest BCUT2D eigenvalue weighted by Gasteiger charge is -2.23. The Morgan fingerprint density at radius 2 is 1.82 bits per heavy atom. The molecule has 0 amide bonds. The van der Waals surface area contributed by atoms with E-state index in [1.54, 1.807) is 0 Å². The molecule has 0 unspecified atom stereocenters. The van der Waals surface area contributed by atoms with Gasteiger partial charge in [0.1, 0.15) is 6.10 Å². The van der Waals surface area contributed by atoms with Gasteiger partial charge in [-0.05, 0) is 38.8 Å². The van der Waals surface area contributed by atoms with Gasteiger partial charge in [-0.15, -0.1) is 0 Å². The van der Waals surface area contributed by atoms with Crippen molar-refractivity contribution in [2.24, 2.45) is 0 Å². The quantitative estimate of drug-likeness (QED) is 0.844. The molecule has 17 heavy (non-hydrogen) atoms. The summed E-state index contributed by atoms with van der Waals surface area (Å²) in [5, 5.41) is 13.3. The third-order valence-electron chi connectivity index (χ3n) is 2.55. The summed E-state index contributed by atoms with van der Waals surface area (Å²) in [4.78, 5) is 4.48. The van der Waals surface area contributed by atoms with Gasteiger partial charge >= 0.3 is 0 Å². The number of pyridine rings is 1. The van der Waals surface area contributed by atoms with Gasteiger partial charge in [-0.2, -0.15) is 0 Å². The predicted octanol–water partition coefficient (Wildman–Crippen LogP) is 2.63. The average molecular weight is 236 g/mol. The monoisotopic (exact) mass is 236 g/mol. The van der Waals surface area contributed by atoms with Crippen molar-refractivity contribution >= 4 is 0 Å². The second-order valence-electron chi connectivity index (χ2n) is 5.79. The Kier molecular flexibility index (Phi) is 4.66. The molecule has 0 radical (unpaired) electrons. The molecular formula is C14H24N2O. The maximum absolute atomic E-state index is 10.1. The maximum Gasteiger partial charge on any atom is 0.108 e. The Morgan fingerprint density at radius 3 is 2.35 bits per heavy atom. The zero-order chi connectivity index (χ0) is 13.1. The van der Waals surface area contributed by atoms with Crippen LogP contribution in [0, 0.1) is 0 Å². The van der Waals surface area contributed by atoms with Crippen LogP contribution in [0.25, 0.3) is 0 Å². The van der Waals surface area contributed by atoms with Crippen LogP contribution in [0.1, 0.15) is 58.0 Å². The lowest BCUT2D eigenvalue weighted by molar-refractivity contribution is 0.158. The molecule has 96 valence electrons. The number of hydrogen-bond donors (Lipinski definition) is 2. The van der Waals surface area contributed by atoms with Gasteiger partial charge in [0.05, 0.1) is 5.69 Å². The second kappa shape index (κ2) is 5.61. The third-order valence-corrected chi connectivity index (χ3v) is 2.55. The molecule has 0 fully saturated rings. The van der Waals surface area contributed by atoms with Crippen LogP contribution >= 0.6 is 0 Å². The van der Waals surface area contributed by atoms with Crippen molar-refractivity contribution in [1.29, 1.82) is 0 Å². The van der Waals surface area contributed by atoms with Crippen LogP contribution in [0.4, 0.5) is 0 Å². The zero-order valence-corrected chi connectivity index (χ0v) is 11.5. The number of aliphatic hydroxyl groups is 1. The molecule has 0 spiro atoms. The van der Waals surface area contributed by atoms with Crippen molar-refractivity contribution in [1.82, 2.24) is 10.3 Å². The molecule has 1 rings (SSSR count). The molecule has 1 heterocycles. The van der Waals surface area contributed by atoms with Gasteiger partial charge in [-0.25, -0.2) is 0 Å². The van der Waals surface area contributed by atoms with Gasteiger partial charge in [0.25, 0.3) is 0 Å². The fourth-order valence-electron chi connectivity index (χ4n) is 1.48. The fourth-order valence-corrected chi connectivity index (χ4v) is 1.48. The molecule has 1 aromatic heterocycles. The van der Waals surface area contributed by atoms with E-state index < -0.39 is 6.10 Å². The molecule has 2 N–H and O–H groups in total. The largest absolute Gasteiger partial charge is 0.385 e. The van der Waals surface area contributed by atoms with Crippen molar-refractivity contribution in [2.45, 2.75) is 52.2 Å². The number of nitrogens with one attached hydrogen (secondary N) is 1. The number of rotatable bonds is 4. The summed E-state index contributed by atoms with van der Waals surface area (Å²) >= 11 is 0. The van der Waals surface area contributed by atoms with Crippen molar-refractivity contribution < 1.29 is 5.11 Å². The minimum absolute atomic E-state index is 0.0106. The molecule has 0 bridgehead atoms. The molecule has 0 saturated heterocycles. The molecule has 0 aliphatic rings. The van der Waals surface area contributed by atoms with E-state index >= 15 is 0 Å². The van der Waals surface area contributed by atoms with Crippen LogP contribution in [0.2, 0.25) is 0 Å². The van der Waals surface area contributed by atoms with E-state index in [-0.39, 0.29) is 5.54 Å². The Morgan fingerprint density at radius 1 is 1.24 bits per heavy atom. The molecule has 3 heteroatoms. The SMILES string of the molecule is CC(C)c1cccc([C@H](O)CNC(C)(C)C)n1. The third kappa shape index (κ3) is 4.84. The Hall–Kier alpha value is -0.930. The molecule has 0 saturated carbocycles. The average Bonchev–Trinajstić information content (AvgIpc) is 2.25. The van der Waals surface area contributed by atoms with Gasteiger partial charge in [0.15, 0.2) is 0 Å². The van der Waals surface area contributed by atoms with Crippen molar-refractivity contribution in [3.8, 4) is 0 Å². The second-order valence-corrected chi connectivity index (χ2v) is 5.79. The fraction of sp³-hybridized carbons (Fsp3) is 0.643. The van der Waals surface area contributed by atoms with E-state index in [1.807, 2.05) is 18.2 Å².